The fourth-order valence-corrected chi connectivity index (χ4v) is 3.52. The number of aromatic nitrogens is 1. The van der Waals surface area contributed by atoms with Crippen molar-refractivity contribution in [2.24, 2.45) is 0 Å². The maximum atomic E-state index is 13.0. The van der Waals surface area contributed by atoms with Crippen LogP contribution in [0.4, 0.5) is 5.82 Å². The molecule has 1 fully saturated rings. The zero-order chi connectivity index (χ0) is 17.5. The van der Waals surface area contributed by atoms with E-state index in [1.54, 1.807) is 13.3 Å². The van der Waals surface area contributed by atoms with E-state index >= 15 is 0 Å². The monoisotopic (exact) mass is 338 g/mol. The van der Waals surface area contributed by atoms with Gasteiger partial charge in [-0.1, -0.05) is 37.5 Å². The van der Waals surface area contributed by atoms with E-state index in [4.69, 9.17) is 4.74 Å². The van der Waals surface area contributed by atoms with Crippen molar-refractivity contribution in [3.63, 3.8) is 0 Å². The summed E-state index contributed by atoms with van der Waals surface area (Å²) in [7, 11) is 1.66. The Morgan fingerprint density at radius 3 is 2.52 bits per heavy atom. The number of carbonyl (C=O) groups excluding carboxylic acids is 1. The van der Waals surface area contributed by atoms with Crippen molar-refractivity contribution < 1.29 is 9.53 Å². The lowest BCUT2D eigenvalue weighted by Gasteiger charge is -2.33. The molecule has 4 heteroatoms. The van der Waals surface area contributed by atoms with Gasteiger partial charge in [0.2, 0.25) is 5.91 Å². The Balaban J connectivity index is 1.69. The average molecular weight is 338 g/mol. The highest BCUT2D eigenvalue weighted by molar-refractivity contribution is 5.93. The summed E-state index contributed by atoms with van der Waals surface area (Å²) in [6.45, 7) is 0. The Morgan fingerprint density at radius 1 is 1.12 bits per heavy atom. The Hall–Kier alpha value is -2.36. The second-order valence-corrected chi connectivity index (χ2v) is 6.59. The lowest BCUT2D eigenvalue weighted by molar-refractivity contribution is -0.119. The van der Waals surface area contributed by atoms with Crippen LogP contribution in [0.2, 0.25) is 0 Å². The van der Waals surface area contributed by atoms with Gasteiger partial charge in [-0.05, 0) is 49.1 Å². The second kappa shape index (κ2) is 8.65. The van der Waals surface area contributed by atoms with Gasteiger partial charge in [0.15, 0.2) is 0 Å². The predicted octanol–water partition coefficient (Wildman–Crippen LogP) is 4.39. The predicted molar refractivity (Wildman–Crippen MR) is 99.9 cm³/mol. The van der Waals surface area contributed by atoms with E-state index in [2.05, 4.69) is 4.98 Å². The van der Waals surface area contributed by atoms with Crippen molar-refractivity contribution in [3.8, 4) is 5.75 Å². The first-order valence-electron chi connectivity index (χ1n) is 9.14. The molecule has 3 rings (SSSR count). The van der Waals surface area contributed by atoms with Crippen LogP contribution in [0, 0.1) is 0 Å². The lowest BCUT2D eigenvalue weighted by atomic mass is 9.93. The van der Waals surface area contributed by atoms with Crippen molar-refractivity contribution in [1.82, 2.24) is 4.98 Å². The fraction of sp³-hybridized carbons (Fsp3) is 0.429. The van der Waals surface area contributed by atoms with Gasteiger partial charge in [-0.25, -0.2) is 4.98 Å². The van der Waals surface area contributed by atoms with E-state index in [1.165, 1.54) is 19.3 Å². The largest absolute Gasteiger partial charge is 0.497 e. The van der Waals surface area contributed by atoms with E-state index in [1.807, 2.05) is 47.4 Å². The minimum atomic E-state index is 0.168. The first-order valence-corrected chi connectivity index (χ1v) is 9.14. The molecule has 1 heterocycles. The summed E-state index contributed by atoms with van der Waals surface area (Å²) in [6.07, 6.45) is 8.81. The minimum Gasteiger partial charge on any atom is -0.497 e. The minimum absolute atomic E-state index is 0.168. The van der Waals surface area contributed by atoms with Crippen LogP contribution in [0.3, 0.4) is 0 Å². The zero-order valence-electron chi connectivity index (χ0n) is 14.9. The number of nitrogens with zero attached hydrogens (tertiary/aromatic N) is 2. The van der Waals surface area contributed by atoms with Gasteiger partial charge in [0.1, 0.15) is 11.6 Å². The van der Waals surface area contributed by atoms with Crippen molar-refractivity contribution in [1.29, 1.82) is 0 Å². The molecule has 0 saturated heterocycles. The molecule has 0 bridgehead atoms. The summed E-state index contributed by atoms with van der Waals surface area (Å²) in [6, 6.07) is 14.0. The van der Waals surface area contributed by atoms with Gasteiger partial charge in [-0.15, -0.1) is 0 Å². The number of ether oxygens (including phenoxy) is 1. The summed E-state index contributed by atoms with van der Waals surface area (Å²) in [4.78, 5) is 19.4. The Bertz CT molecular complexity index is 664. The summed E-state index contributed by atoms with van der Waals surface area (Å²) in [5.41, 5.74) is 1.15. The Morgan fingerprint density at radius 2 is 1.88 bits per heavy atom. The molecular formula is C21H26N2O2. The number of methoxy groups -OCH3 is 1. The summed E-state index contributed by atoms with van der Waals surface area (Å²) in [5, 5.41) is 0. The van der Waals surface area contributed by atoms with Crippen LogP contribution in [0.25, 0.3) is 0 Å². The Kier molecular flexibility index (Phi) is 6.04. The first-order chi connectivity index (χ1) is 12.3. The molecule has 1 aliphatic carbocycles. The van der Waals surface area contributed by atoms with E-state index in [0.717, 1.165) is 36.4 Å². The highest BCUT2D eigenvalue weighted by atomic mass is 16.5. The molecular weight excluding hydrogens is 312 g/mol. The molecule has 1 saturated carbocycles. The van der Waals surface area contributed by atoms with Crippen LogP contribution in [-0.2, 0) is 11.2 Å². The second-order valence-electron chi connectivity index (χ2n) is 6.59. The number of hydrogen-bond acceptors (Lipinski definition) is 3. The first kappa shape index (κ1) is 17.5. The van der Waals surface area contributed by atoms with Gasteiger partial charge in [-0.2, -0.15) is 0 Å². The van der Waals surface area contributed by atoms with E-state index in [0.29, 0.717) is 6.42 Å². The van der Waals surface area contributed by atoms with Crippen molar-refractivity contribution >= 4 is 11.7 Å². The maximum absolute atomic E-state index is 13.0. The van der Waals surface area contributed by atoms with Crippen LogP contribution in [0.15, 0.2) is 48.7 Å². The summed E-state index contributed by atoms with van der Waals surface area (Å²) >= 11 is 0. The molecule has 4 nitrogen and oxygen atoms in total. The molecule has 0 atom stereocenters. The number of benzene rings is 1. The molecule has 0 unspecified atom stereocenters. The van der Waals surface area contributed by atoms with Gasteiger partial charge < -0.3 is 4.74 Å². The quantitative estimate of drug-likeness (QED) is 0.784. The molecule has 0 spiro atoms. The van der Waals surface area contributed by atoms with Crippen LogP contribution < -0.4 is 9.64 Å². The van der Waals surface area contributed by atoms with Gasteiger partial charge in [0, 0.05) is 18.7 Å². The third-order valence-electron chi connectivity index (χ3n) is 4.89. The van der Waals surface area contributed by atoms with Crippen LogP contribution in [-0.4, -0.2) is 24.0 Å². The lowest BCUT2D eigenvalue weighted by Crippen LogP contribution is -2.42. The van der Waals surface area contributed by atoms with Crippen molar-refractivity contribution in [2.45, 2.75) is 51.0 Å². The number of aryl methyl sites for hydroxylation is 1. The van der Waals surface area contributed by atoms with Crippen molar-refractivity contribution in [3.05, 3.63) is 54.2 Å². The standard InChI is InChI=1S/C21H26N2O2/c1-25-19-13-10-17(11-14-19)12-15-21(24)23(18-7-3-2-4-8-18)20-9-5-6-16-22-20/h5-6,9-11,13-14,16,18H,2-4,7-8,12,15H2,1H3. The third-order valence-corrected chi connectivity index (χ3v) is 4.89. The molecule has 0 aliphatic heterocycles. The van der Waals surface area contributed by atoms with Gasteiger partial charge in [0.05, 0.1) is 7.11 Å². The highest BCUT2D eigenvalue weighted by Gasteiger charge is 2.27. The van der Waals surface area contributed by atoms with Gasteiger partial charge in [-0.3, -0.25) is 9.69 Å². The SMILES string of the molecule is COc1ccc(CCC(=O)N(c2ccccn2)C2CCCCC2)cc1. The van der Waals surface area contributed by atoms with Crippen LogP contribution in [0.5, 0.6) is 5.75 Å². The number of pyridine rings is 1. The fourth-order valence-electron chi connectivity index (χ4n) is 3.52. The van der Waals surface area contributed by atoms with Crippen LogP contribution >= 0.6 is 0 Å². The van der Waals surface area contributed by atoms with Gasteiger partial charge in [0.25, 0.3) is 0 Å². The molecule has 0 N–H and O–H groups in total. The molecule has 1 aromatic heterocycles. The molecule has 0 radical (unpaired) electrons. The Labute approximate surface area is 149 Å². The number of rotatable bonds is 6. The molecule has 2 aromatic rings. The number of anilines is 1. The molecule has 132 valence electrons. The van der Waals surface area contributed by atoms with Crippen molar-refractivity contribution in [2.75, 3.05) is 12.0 Å². The van der Waals surface area contributed by atoms with E-state index in [9.17, 15) is 4.79 Å². The smallest absolute Gasteiger partial charge is 0.228 e. The summed E-state index contributed by atoms with van der Waals surface area (Å²) < 4.78 is 5.19. The number of amides is 1. The number of carbonyl (C=O) groups is 1. The maximum Gasteiger partial charge on any atom is 0.228 e. The van der Waals surface area contributed by atoms with Crippen LogP contribution in [0.1, 0.15) is 44.1 Å². The topological polar surface area (TPSA) is 42.4 Å². The molecule has 1 aromatic carbocycles. The third kappa shape index (κ3) is 4.59. The number of hydrogen-bond donors (Lipinski definition) is 0. The molecule has 25 heavy (non-hydrogen) atoms. The summed E-state index contributed by atoms with van der Waals surface area (Å²) in [5.74, 6) is 1.79. The van der Waals surface area contributed by atoms with E-state index < -0.39 is 0 Å². The van der Waals surface area contributed by atoms with E-state index in [-0.39, 0.29) is 11.9 Å². The highest BCUT2D eigenvalue weighted by Crippen LogP contribution is 2.27. The normalized spacial score (nSPS) is 14.9. The molecule has 1 aliphatic rings. The molecule has 1 amide bonds. The van der Waals surface area contributed by atoms with Gasteiger partial charge >= 0.3 is 0 Å². The average Bonchev–Trinajstić information content (AvgIpc) is 2.69. The zero-order valence-corrected chi connectivity index (χ0v) is 14.9.